The van der Waals surface area contributed by atoms with Gasteiger partial charge in [-0.1, -0.05) is 48.5 Å². The number of amides is 2. The van der Waals surface area contributed by atoms with Crippen LogP contribution in [0.25, 0.3) is 11.8 Å². The van der Waals surface area contributed by atoms with E-state index in [-0.39, 0.29) is 11.8 Å². The third kappa shape index (κ3) is 5.17. The summed E-state index contributed by atoms with van der Waals surface area (Å²) in [6.07, 6.45) is 6.69. The zero-order chi connectivity index (χ0) is 19.8. The Balaban J connectivity index is 1.54. The van der Waals surface area contributed by atoms with Gasteiger partial charge >= 0.3 is 0 Å². The minimum atomic E-state index is -0.648. The van der Waals surface area contributed by atoms with E-state index in [9.17, 15) is 9.59 Å². The van der Waals surface area contributed by atoms with E-state index in [1.165, 1.54) is 6.08 Å². The van der Waals surface area contributed by atoms with Crippen LogP contribution >= 0.6 is 0 Å². The first-order valence-corrected chi connectivity index (χ1v) is 9.03. The van der Waals surface area contributed by atoms with E-state index in [4.69, 9.17) is 0 Å². The zero-order valence-electron chi connectivity index (χ0n) is 15.6. The Morgan fingerprint density at radius 2 is 1.82 bits per heavy atom. The predicted molar refractivity (Wildman–Crippen MR) is 108 cm³/mol. The Hall–Kier alpha value is -3.67. The third-order valence-electron chi connectivity index (χ3n) is 4.17. The molecule has 3 rings (SSSR count). The van der Waals surface area contributed by atoms with Crippen LogP contribution in [-0.2, 0) is 16.1 Å². The third-order valence-corrected chi connectivity index (χ3v) is 4.17. The van der Waals surface area contributed by atoms with E-state index < -0.39 is 6.04 Å². The van der Waals surface area contributed by atoms with Crippen molar-refractivity contribution in [3.05, 3.63) is 90.3 Å². The molecule has 0 saturated carbocycles. The van der Waals surface area contributed by atoms with Gasteiger partial charge in [0.1, 0.15) is 6.04 Å². The average molecular weight is 374 g/mol. The Kier molecular flexibility index (Phi) is 6.36. The van der Waals surface area contributed by atoms with Gasteiger partial charge in [-0.25, -0.2) is 4.68 Å². The molecule has 2 aromatic carbocycles. The van der Waals surface area contributed by atoms with E-state index in [2.05, 4.69) is 15.7 Å². The maximum absolute atomic E-state index is 12.4. The van der Waals surface area contributed by atoms with Crippen LogP contribution in [0.5, 0.6) is 0 Å². The Morgan fingerprint density at radius 3 is 2.57 bits per heavy atom. The highest BCUT2D eigenvalue weighted by Crippen LogP contribution is 2.13. The number of aromatic nitrogens is 2. The molecule has 1 unspecified atom stereocenters. The molecule has 0 bridgehead atoms. The summed E-state index contributed by atoms with van der Waals surface area (Å²) < 4.78 is 1.75. The second-order valence-electron chi connectivity index (χ2n) is 6.27. The fraction of sp³-hybridized carbons (Fsp3) is 0.136. The average Bonchev–Trinajstić information content (AvgIpc) is 3.26. The Labute approximate surface area is 163 Å². The first kappa shape index (κ1) is 19.1. The molecule has 1 atom stereocenters. The summed E-state index contributed by atoms with van der Waals surface area (Å²) in [4.78, 5) is 24.4. The number of rotatable bonds is 7. The summed E-state index contributed by atoms with van der Waals surface area (Å²) in [5.74, 6) is -0.569. The van der Waals surface area contributed by atoms with E-state index in [0.717, 1.165) is 16.8 Å². The molecule has 28 heavy (non-hydrogen) atoms. The lowest BCUT2D eigenvalue weighted by atomic mass is 10.1. The molecule has 0 aliphatic rings. The molecule has 2 amide bonds. The molecule has 6 nitrogen and oxygen atoms in total. The number of carbonyl (C=O) groups is 2. The topological polar surface area (TPSA) is 76.0 Å². The van der Waals surface area contributed by atoms with Crippen LogP contribution in [0.4, 0.5) is 0 Å². The number of benzene rings is 2. The molecular formula is C22H22N4O2. The maximum atomic E-state index is 12.4. The standard InChI is InChI=1S/C22H22N4O2/c1-17(25-21(27)13-12-18-8-3-2-4-9-18)22(28)23-16-19-10-5-6-11-20(19)26-15-7-14-24-26/h2-15,17H,16H2,1H3,(H,23,28)(H,25,27)/b13-12+. The van der Waals surface area contributed by atoms with Gasteiger partial charge in [0.05, 0.1) is 5.69 Å². The molecule has 6 heteroatoms. The maximum Gasteiger partial charge on any atom is 0.244 e. The Morgan fingerprint density at radius 1 is 1.07 bits per heavy atom. The molecule has 0 spiro atoms. The monoisotopic (exact) mass is 374 g/mol. The van der Waals surface area contributed by atoms with Crippen molar-refractivity contribution in [2.45, 2.75) is 19.5 Å². The van der Waals surface area contributed by atoms with Crippen LogP contribution < -0.4 is 10.6 Å². The number of carbonyl (C=O) groups excluding carboxylic acids is 2. The van der Waals surface area contributed by atoms with Crippen LogP contribution in [-0.4, -0.2) is 27.6 Å². The highest BCUT2D eigenvalue weighted by atomic mass is 16.2. The normalized spacial score (nSPS) is 11.9. The molecule has 1 aromatic heterocycles. The number of hydrogen-bond acceptors (Lipinski definition) is 3. The van der Waals surface area contributed by atoms with Crippen LogP contribution in [0.2, 0.25) is 0 Å². The first-order valence-electron chi connectivity index (χ1n) is 9.03. The van der Waals surface area contributed by atoms with Crippen molar-refractivity contribution < 1.29 is 9.59 Å². The van der Waals surface area contributed by atoms with Gasteiger partial charge in [-0.3, -0.25) is 9.59 Å². The van der Waals surface area contributed by atoms with Crippen LogP contribution in [0.15, 0.2) is 79.1 Å². The zero-order valence-corrected chi connectivity index (χ0v) is 15.6. The molecule has 2 N–H and O–H groups in total. The number of nitrogens with one attached hydrogen (secondary N) is 2. The van der Waals surface area contributed by atoms with Gasteiger partial charge in [-0.05, 0) is 36.3 Å². The fourth-order valence-corrected chi connectivity index (χ4v) is 2.69. The summed E-state index contributed by atoms with van der Waals surface area (Å²) in [6.45, 7) is 2.00. The largest absolute Gasteiger partial charge is 0.350 e. The Bertz CT molecular complexity index is 950. The summed E-state index contributed by atoms with van der Waals surface area (Å²) in [5, 5.41) is 9.77. The molecule has 1 heterocycles. The lowest BCUT2D eigenvalue weighted by Crippen LogP contribution is -2.44. The predicted octanol–water partition coefficient (Wildman–Crippen LogP) is 2.71. The quantitative estimate of drug-likeness (QED) is 0.625. The van der Waals surface area contributed by atoms with Crippen molar-refractivity contribution >= 4 is 17.9 Å². The van der Waals surface area contributed by atoms with Crippen molar-refractivity contribution in [1.29, 1.82) is 0 Å². The molecule has 0 radical (unpaired) electrons. The number of nitrogens with zero attached hydrogens (tertiary/aromatic N) is 2. The van der Waals surface area contributed by atoms with E-state index >= 15 is 0 Å². The van der Waals surface area contributed by atoms with Gasteiger partial charge in [0.2, 0.25) is 11.8 Å². The highest BCUT2D eigenvalue weighted by Gasteiger charge is 2.14. The molecule has 0 saturated heterocycles. The van der Waals surface area contributed by atoms with Crippen molar-refractivity contribution in [1.82, 2.24) is 20.4 Å². The molecule has 3 aromatic rings. The highest BCUT2D eigenvalue weighted by molar-refractivity contribution is 5.95. The van der Waals surface area contributed by atoms with Gasteiger partial charge < -0.3 is 10.6 Å². The molecule has 0 aliphatic heterocycles. The van der Waals surface area contributed by atoms with Gasteiger partial charge in [-0.2, -0.15) is 5.10 Å². The van der Waals surface area contributed by atoms with Crippen molar-refractivity contribution in [3.8, 4) is 5.69 Å². The van der Waals surface area contributed by atoms with Gasteiger partial charge in [0.15, 0.2) is 0 Å². The van der Waals surface area contributed by atoms with Gasteiger partial charge in [-0.15, -0.1) is 0 Å². The second kappa shape index (κ2) is 9.32. The number of para-hydroxylation sites is 1. The van der Waals surface area contributed by atoms with E-state index in [1.54, 1.807) is 23.9 Å². The first-order chi connectivity index (χ1) is 13.6. The smallest absolute Gasteiger partial charge is 0.244 e. The number of hydrogen-bond donors (Lipinski definition) is 2. The van der Waals surface area contributed by atoms with Crippen molar-refractivity contribution in [2.75, 3.05) is 0 Å². The lowest BCUT2D eigenvalue weighted by molar-refractivity contribution is -0.126. The summed E-state index contributed by atoms with van der Waals surface area (Å²) in [5.41, 5.74) is 2.75. The van der Waals surface area contributed by atoms with Crippen LogP contribution in [0.3, 0.4) is 0 Å². The van der Waals surface area contributed by atoms with Crippen molar-refractivity contribution in [2.24, 2.45) is 0 Å². The molecule has 0 aliphatic carbocycles. The summed E-state index contributed by atoms with van der Waals surface area (Å²) in [6, 6.07) is 18.4. The lowest BCUT2D eigenvalue weighted by Gasteiger charge is -2.15. The van der Waals surface area contributed by atoms with Crippen LogP contribution in [0, 0.1) is 0 Å². The van der Waals surface area contributed by atoms with Crippen molar-refractivity contribution in [3.63, 3.8) is 0 Å². The second-order valence-corrected chi connectivity index (χ2v) is 6.27. The SMILES string of the molecule is CC(NC(=O)/C=C/c1ccccc1)C(=O)NCc1ccccc1-n1cccn1. The summed E-state index contributed by atoms with van der Waals surface area (Å²) >= 11 is 0. The van der Waals surface area contributed by atoms with Crippen LogP contribution in [0.1, 0.15) is 18.1 Å². The van der Waals surface area contributed by atoms with Gasteiger partial charge in [0, 0.05) is 25.0 Å². The molecule has 142 valence electrons. The van der Waals surface area contributed by atoms with E-state index in [1.807, 2.05) is 66.9 Å². The fourth-order valence-electron chi connectivity index (χ4n) is 2.69. The van der Waals surface area contributed by atoms with Gasteiger partial charge in [0.25, 0.3) is 0 Å². The summed E-state index contributed by atoms with van der Waals surface area (Å²) in [7, 11) is 0. The van der Waals surface area contributed by atoms with E-state index in [0.29, 0.717) is 6.54 Å². The molecular weight excluding hydrogens is 352 g/mol. The molecule has 0 fully saturated rings. The minimum Gasteiger partial charge on any atom is -0.350 e. The minimum absolute atomic E-state index is 0.253.